The van der Waals surface area contributed by atoms with Crippen LogP contribution in [0.15, 0.2) is 24.3 Å². The number of ether oxygens (including phenoxy) is 3. The number of carbonyl (C=O) groups excluding carboxylic acids is 2. The molecule has 1 aliphatic rings. The van der Waals surface area contributed by atoms with E-state index >= 15 is 0 Å². The predicted molar refractivity (Wildman–Crippen MR) is 139 cm³/mol. The zero-order valence-corrected chi connectivity index (χ0v) is 24.5. The number of rotatable bonds is 20. The number of hydrogen-bond donors (Lipinski definition) is 0. The average molecular weight is 582 g/mol. The van der Waals surface area contributed by atoms with Gasteiger partial charge in [-0.3, -0.25) is 9.59 Å². The molecule has 0 N–H and O–H groups in total. The summed E-state index contributed by atoms with van der Waals surface area (Å²) in [5, 5.41) is 0. The monoisotopic (exact) mass is 583 g/mol. The summed E-state index contributed by atoms with van der Waals surface area (Å²) in [6, 6.07) is 6.93. The van der Waals surface area contributed by atoms with Crippen molar-refractivity contribution in [2.75, 3.05) is 44.2 Å². The quantitative estimate of drug-likeness (QED) is 0.112. The first-order valence-corrected chi connectivity index (χ1v) is 21.3. The zero-order valence-electron chi connectivity index (χ0n) is 21.6. The van der Waals surface area contributed by atoms with Crippen molar-refractivity contribution in [3.8, 4) is 0 Å². The van der Waals surface area contributed by atoms with Gasteiger partial charge in [0, 0.05) is 0 Å². The van der Waals surface area contributed by atoms with E-state index in [1.165, 1.54) is 56.7 Å². The van der Waals surface area contributed by atoms with E-state index in [9.17, 15) is 9.59 Å². The van der Waals surface area contributed by atoms with Gasteiger partial charge in [-0.25, -0.2) is 0 Å². The van der Waals surface area contributed by atoms with E-state index in [0.29, 0.717) is 44.2 Å². The van der Waals surface area contributed by atoms with Crippen molar-refractivity contribution in [3.05, 3.63) is 35.4 Å². The SMILES string of the molecule is CCC[CH2][Sn]([CH2]CCC)([CH2]CCC)[CH2]OCCOCCOCCN1C(=O)c2ccccc2C1=O. The van der Waals surface area contributed by atoms with Crippen molar-refractivity contribution in [3.63, 3.8) is 0 Å². The van der Waals surface area contributed by atoms with Gasteiger partial charge in [-0.1, -0.05) is 12.1 Å². The van der Waals surface area contributed by atoms with Gasteiger partial charge in [-0.2, -0.15) is 0 Å². The van der Waals surface area contributed by atoms with Crippen LogP contribution in [0, 0.1) is 0 Å². The molecule has 2 rings (SSSR count). The number of imide groups is 1. The number of fused-ring (bicyclic) bond motifs is 1. The molecule has 0 fully saturated rings. The third kappa shape index (κ3) is 9.25. The van der Waals surface area contributed by atoms with Gasteiger partial charge in [-0.15, -0.1) is 0 Å². The third-order valence-electron chi connectivity index (χ3n) is 6.67. The minimum atomic E-state index is -2.21. The van der Waals surface area contributed by atoms with Gasteiger partial charge in [0.1, 0.15) is 0 Å². The van der Waals surface area contributed by atoms with Crippen LogP contribution in [-0.4, -0.2) is 79.3 Å². The van der Waals surface area contributed by atoms with Gasteiger partial charge in [0.25, 0.3) is 0 Å². The number of amides is 2. The summed E-state index contributed by atoms with van der Waals surface area (Å²) in [4.78, 5) is 25.9. The Labute approximate surface area is 210 Å². The van der Waals surface area contributed by atoms with Crippen molar-refractivity contribution in [1.82, 2.24) is 4.90 Å². The maximum absolute atomic E-state index is 12.3. The second kappa shape index (κ2) is 16.7. The number of nitrogens with zero attached hydrogens (tertiary/aromatic N) is 1. The minimum absolute atomic E-state index is 0.240. The fraction of sp³-hybridized carbons (Fsp3) is 0.704. The number of carbonyl (C=O) groups is 2. The molecule has 6 nitrogen and oxygen atoms in total. The van der Waals surface area contributed by atoms with Gasteiger partial charge < -0.3 is 0 Å². The van der Waals surface area contributed by atoms with E-state index in [-0.39, 0.29) is 18.4 Å². The van der Waals surface area contributed by atoms with Crippen LogP contribution in [0.3, 0.4) is 0 Å². The summed E-state index contributed by atoms with van der Waals surface area (Å²) in [5.74, 6) is -0.480. The Morgan fingerprint density at radius 2 is 1.12 bits per heavy atom. The summed E-state index contributed by atoms with van der Waals surface area (Å²) in [6.07, 6.45) is 7.94. The van der Waals surface area contributed by atoms with Gasteiger partial charge >= 0.3 is 166 Å². The minimum Gasteiger partial charge on any atom is -0.269 e. The van der Waals surface area contributed by atoms with Crippen molar-refractivity contribution < 1.29 is 23.8 Å². The summed E-state index contributed by atoms with van der Waals surface area (Å²) < 4.78 is 22.9. The summed E-state index contributed by atoms with van der Waals surface area (Å²) in [6.45, 7) is 9.63. The molecule has 0 aromatic heterocycles. The van der Waals surface area contributed by atoms with Crippen molar-refractivity contribution in [2.24, 2.45) is 0 Å². The standard InChI is InChI=1S/C15H18NO5.3C4H9.Sn/c1-19-8-9-21-11-10-20-7-6-16-14(17)12-4-2-3-5-13(12)15(16)18;3*1-3-4-2;/h2-5H,1,6-11H2;3*1,3-4H2,2H3;. The summed E-state index contributed by atoms with van der Waals surface area (Å²) in [7, 11) is 0. The second-order valence-corrected chi connectivity index (χ2v) is 23.1. The topological polar surface area (TPSA) is 65.1 Å². The first kappa shape index (κ1) is 29.3. The molecule has 1 aliphatic heterocycles. The molecule has 34 heavy (non-hydrogen) atoms. The summed E-state index contributed by atoms with van der Waals surface area (Å²) in [5.41, 5.74) is 0.951. The van der Waals surface area contributed by atoms with E-state index in [0.717, 1.165) is 4.62 Å². The fourth-order valence-corrected chi connectivity index (χ4v) is 19.0. The van der Waals surface area contributed by atoms with Crippen LogP contribution in [-0.2, 0) is 14.2 Å². The van der Waals surface area contributed by atoms with E-state index in [1.807, 2.05) is 0 Å². The number of benzene rings is 1. The van der Waals surface area contributed by atoms with Crippen LogP contribution in [0.1, 0.15) is 80.0 Å². The molecule has 0 aliphatic carbocycles. The predicted octanol–water partition coefficient (Wildman–Crippen LogP) is 5.72. The Kier molecular flexibility index (Phi) is 14.3. The Hall–Kier alpha value is -0.961. The van der Waals surface area contributed by atoms with E-state index in [4.69, 9.17) is 14.2 Å². The Morgan fingerprint density at radius 1 is 0.676 bits per heavy atom. The zero-order chi connectivity index (χ0) is 24.7. The maximum atomic E-state index is 12.3. The molecular formula is C27H45NO5Sn. The van der Waals surface area contributed by atoms with E-state index in [1.54, 1.807) is 24.3 Å². The van der Waals surface area contributed by atoms with Crippen LogP contribution < -0.4 is 0 Å². The molecule has 0 atom stereocenters. The third-order valence-corrected chi connectivity index (χ3v) is 21.1. The van der Waals surface area contributed by atoms with Crippen LogP contribution >= 0.6 is 0 Å². The molecular weight excluding hydrogens is 537 g/mol. The molecule has 0 saturated heterocycles. The normalized spacial score (nSPS) is 13.7. The van der Waals surface area contributed by atoms with Crippen molar-refractivity contribution >= 4 is 30.2 Å². The molecule has 0 unspecified atom stereocenters. The first-order chi connectivity index (χ1) is 16.6. The Bertz CT molecular complexity index is 685. The van der Waals surface area contributed by atoms with Crippen molar-refractivity contribution in [2.45, 2.75) is 72.6 Å². The molecule has 1 aromatic carbocycles. The van der Waals surface area contributed by atoms with Gasteiger partial charge in [0.2, 0.25) is 0 Å². The van der Waals surface area contributed by atoms with Gasteiger partial charge in [0.15, 0.2) is 0 Å². The smallest absolute Gasteiger partial charge is 0.269 e. The van der Waals surface area contributed by atoms with Gasteiger partial charge in [0.05, 0.1) is 11.1 Å². The summed E-state index contributed by atoms with van der Waals surface area (Å²) >= 11 is -2.21. The van der Waals surface area contributed by atoms with Gasteiger partial charge in [-0.05, 0) is 12.1 Å². The molecule has 1 heterocycles. The number of hydrogen-bond acceptors (Lipinski definition) is 5. The molecule has 0 saturated carbocycles. The first-order valence-electron chi connectivity index (χ1n) is 13.3. The Morgan fingerprint density at radius 3 is 1.59 bits per heavy atom. The molecule has 1 aromatic rings. The molecule has 2 amide bonds. The van der Waals surface area contributed by atoms with Crippen LogP contribution in [0.4, 0.5) is 0 Å². The van der Waals surface area contributed by atoms with E-state index < -0.39 is 18.4 Å². The molecule has 0 radical (unpaired) electrons. The van der Waals surface area contributed by atoms with Crippen LogP contribution in [0.2, 0.25) is 13.3 Å². The molecule has 0 bridgehead atoms. The Balaban J connectivity index is 1.58. The van der Waals surface area contributed by atoms with Crippen LogP contribution in [0.25, 0.3) is 0 Å². The number of unbranched alkanes of at least 4 members (excludes halogenated alkanes) is 3. The molecule has 192 valence electrons. The fourth-order valence-electron chi connectivity index (χ4n) is 4.57. The van der Waals surface area contributed by atoms with Crippen LogP contribution in [0.5, 0.6) is 0 Å². The molecule has 7 heteroatoms. The molecule has 0 spiro atoms. The second-order valence-electron chi connectivity index (χ2n) is 9.40. The van der Waals surface area contributed by atoms with Crippen molar-refractivity contribution in [1.29, 1.82) is 0 Å². The average Bonchev–Trinajstić information content (AvgIpc) is 3.10. The van der Waals surface area contributed by atoms with E-state index in [2.05, 4.69) is 20.8 Å².